The zero-order chi connectivity index (χ0) is 11.0. The van der Waals surface area contributed by atoms with E-state index in [0.717, 1.165) is 16.5 Å². The lowest BCUT2D eigenvalue weighted by molar-refractivity contribution is 1.11. The van der Waals surface area contributed by atoms with Crippen LogP contribution in [0.15, 0.2) is 18.6 Å². The van der Waals surface area contributed by atoms with Gasteiger partial charge in [0.2, 0.25) is 0 Å². The smallest absolute Gasteiger partial charge is 0.0783 e. The van der Waals surface area contributed by atoms with Crippen LogP contribution in [-0.2, 0) is 0 Å². The Bertz CT molecular complexity index is 503. The molecule has 3 heteroatoms. The Labute approximate surface area is 89.8 Å². The average Bonchev–Trinajstić information content (AvgIpc) is 2.17. The predicted molar refractivity (Wildman–Crippen MR) is 63.3 cm³/mol. The molecule has 0 aliphatic carbocycles. The topological polar surface area (TPSA) is 29.0 Å². The normalized spacial score (nSPS) is 10.7. The number of anilines is 1. The van der Waals surface area contributed by atoms with Crippen molar-refractivity contribution in [1.82, 2.24) is 9.97 Å². The zero-order valence-electron chi connectivity index (χ0n) is 9.57. The van der Waals surface area contributed by atoms with Gasteiger partial charge in [-0.15, -0.1) is 0 Å². The first kappa shape index (κ1) is 9.90. The molecule has 0 N–H and O–H groups in total. The average molecular weight is 201 g/mol. The highest BCUT2D eigenvalue weighted by atomic mass is 15.1. The molecular weight excluding hydrogens is 186 g/mol. The lowest BCUT2D eigenvalue weighted by Gasteiger charge is -2.18. The van der Waals surface area contributed by atoms with E-state index in [1.807, 2.05) is 39.6 Å². The molecule has 0 saturated heterocycles. The minimum Gasteiger partial charge on any atom is -0.377 e. The van der Waals surface area contributed by atoms with Crippen LogP contribution in [0.2, 0.25) is 0 Å². The van der Waals surface area contributed by atoms with E-state index in [-0.39, 0.29) is 0 Å². The molecule has 0 radical (unpaired) electrons. The molecule has 0 aromatic carbocycles. The van der Waals surface area contributed by atoms with Crippen LogP contribution in [0.5, 0.6) is 0 Å². The van der Waals surface area contributed by atoms with E-state index in [1.54, 1.807) is 0 Å². The maximum Gasteiger partial charge on any atom is 0.0783 e. The van der Waals surface area contributed by atoms with Gasteiger partial charge in [0.05, 0.1) is 11.2 Å². The van der Waals surface area contributed by atoms with Crippen LogP contribution >= 0.6 is 0 Å². The van der Waals surface area contributed by atoms with Crippen molar-refractivity contribution in [2.75, 3.05) is 19.0 Å². The highest BCUT2D eigenvalue weighted by molar-refractivity contribution is 5.93. The van der Waals surface area contributed by atoms with Gasteiger partial charge in [-0.2, -0.15) is 0 Å². The molecule has 0 atom stereocenters. The second kappa shape index (κ2) is 3.50. The lowest BCUT2D eigenvalue weighted by atomic mass is 10.1. The van der Waals surface area contributed by atoms with Gasteiger partial charge in [0, 0.05) is 38.1 Å². The van der Waals surface area contributed by atoms with Crippen LogP contribution in [-0.4, -0.2) is 24.1 Å². The molecule has 15 heavy (non-hydrogen) atoms. The van der Waals surface area contributed by atoms with Crippen molar-refractivity contribution in [3.05, 3.63) is 29.7 Å². The Kier molecular flexibility index (Phi) is 2.31. The summed E-state index contributed by atoms with van der Waals surface area (Å²) in [5.74, 6) is 0. The maximum absolute atomic E-state index is 4.46. The Morgan fingerprint density at radius 3 is 2.40 bits per heavy atom. The van der Waals surface area contributed by atoms with E-state index in [9.17, 15) is 0 Å². The fourth-order valence-corrected chi connectivity index (χ4v) is 1.93. The number of rotatable bonds is 1. The summed E-state index contributed by atoms with van der Waals surface area (Å²) in [4.78, 5) is 10.8. The summed E-state index contributed by atoms with van der Waals surface area (Å²) in [7, 11) is 4.09. The van der Waals surface area contributed by atoms with Gasteiger partial charge in [-0.25, -0.2) is 0 Å². The number of hydrogen-bond donors (Lipinski definition) is 0. The molecule has 0 spiro atoms. The largest absolute Gasteiger partial charge is 0.377 e. The van der Waals surface area contributed by atoms with Crippen molar-refractivity contribution >= 4 is 16.6 Å². The third-order valence-electron chi connectivity index (χ3n) is 2.56. The lowest BCUT2D eigenvalue weighted by Crippen LogP contribution is -2.11. The molecule has 2 rings (SSSR count). The van der Waals surface area contributed by atoms with E-state index in [4.69, 9.17) is 0 Å². The molecule has 0 amide bonds. The third-order valence-corrected chi connectivity index (χ3v) is 2.56. The van der Waals surface area contributed by atoms with Crippen molar-refractivity contribution in [3.8, 4) is 0 Å². The van der Waals surface area contributed by atoms with Crippen LogP contribution < -0.4 is 4.90 Å². The third kappa shape index (κ3) is 1.54. The molecule has 0 aliphatic rings. The number of pyridine rings is 2. The molecule has 2 heterocycles. The summed E-state index contributed by atoms with van der Waals surface area (Å²) < 4.78 is 0. The van der Waals surface area contributed by atoms with E-state index < -0.39 is 0 Å². The molecule has 0 unspecified atom stereocenters. The Balaban J connectivity index is 2.88. The molecule has 0 saturated carbocycles. The predicted octanol–water partition coefficient (Wildman–Crippen LogP) is 2.31. The second-order valence-corrected chi connectivity index (χ2v) is 4.04. The van der Waals surface area contributed by atoms with Gasteiger partial charge in [-0.1, -0.05) is 0 Å². The van der Waals surface area contributed by atoms with Crippen LogP contribution in [0.1, 0.15) is 11.1 Å². The van der Waals surface area contributed by atoms with Gasteiger partial charge in [-0.3, -0.25) is 9.97 Å². The number of hydrogen-bond acceptors (Lipinski definition) is 3. The molecule has 2 aromatic heterocycles. The van der Waals surface area contributed by atoms with Crippen LogP contribution in [0.25, 0.3) is 10.9 Å². The molecule has 0 bridgehead atoms. The van der Waals surface area contributed by atoms with E-state index in [1.165, 1.54) is 11.3 Å². The summed E-state index contributed by atoms with van der Waals surface area (Å²) in [6, 6.07) is 0. The standard InChI is InChI=1S/C12H15N3/c1-8-5-13-7-10-11(8)14-6-9(2)12(10)15(3)4/h5-7H,1-4H3. The first-order valence-electron chi connectivity index (χ1n) is 4.98. The van der Waals surface area contributed by atoms with E-state index in [0.29, 0.717) is 0 Å². The number of fused-ring (bicyclic) bond motifs is 1. The Hall–Kier alpha value is -1.64. The molecule has 2 aromatic rings. The number of aromatic nitrogens is 2. The SMILES string of the molecule is Cc1cnc2c(C)cncc2c1N(C)C. The fourth-order valence-electron chi connectivity index (χ4n) is 1.93. The first-order chi connectivity index (χ1) is 7.11. The molecule has 78 valence electrons. The van der Waals surface area contributed by atoms with Gasteiger partial charge in [-0.05, 0) is 25.0 Å². The Morgan fingerprint density at radius 1 is 1.00 bits per heavy atom. The maximum atomic E-state index is 4.46. The number of nitrogens with zero attached hydrogens (tertiary/aromatic N) is 3. The summed E-state index contributed by atoms with van der Waals surface area (Å²) in [6.07, 6.45) is 5.66. The highest BCUT2D eigenvalue weighted by Crippen LogP contribution is 2.28. The van der Waals surface area contributed by atoms with Crippen molar-refractivity contribution in [2.24, 2.45) is 0 Å². The van der Waals surface area contributed by atoms with Gasteiger partial charge in [0.15, 0.2) is 0 Å². The summed E-state index contributed by atoms with van der Waals surface area (Å²) in [6.45, 7) is 4.11. The molecule has 0 aliphatic heterocycles. The highest BCUT2D eigenvalue weighted by Gasteiger charge is 2.09. The zero-order valence-corrected chi connectivity index (χ0v) is 9.57. The minimum atomic E-state index is 1.04. The van der Waals surface area contributed by atoms with Gasteiger partial charge >= 0.3 is 0 Å². The van der Waals surface area contributed by atoms with Crippen LogP contribution in [0.4, 0.5) is 5.69 Å². The summed E-state index contributed by atoms with van der Waals surface area (Å²) in [5, 5.41) is 1.12. The van der Waals surface area contributed by atoms with Gasteiger partial charge in [0.1, 0.15) is 0 Å². The quantitative estimate of drug-likeness (QED) is 0.709. The molecule has 3 nitrogen and oxygen atoms in total. The second-order valence-electron chi connectivity index (χ2n) is 4.04. The van der Waals surface area contributed by atoms with Crippen molar-refractivity contribution in [1.29, 1.82) is 0 Å². The monoisotopic (exact) mass is 201 g/mol. The minimum absolute atomic E-state index is 1.04. The van der Waals surface area contributed by atoms with Crippen molar-refractivity contribution < 1.29 is 0 Å². The van der Waals surface area contributed by atoms with E-state index >= 15 is 0 Å². The Morgan fingerprint density at radius 2 is 1.73 bits per heavy atom. The first-order valence-corrected chi connectivity index (χ1v) is 4.98. The number of aryl methyl sites for hydroxylation is 2. The fraction of sp³-hybridized carbons (Fsp3) is 0.333. The summed E-state index contributed by atoms with van der Waals surface area (Å²) >= 11 is 0. The van der Waals surface area contributed by atoms with Gasteiger partial charge in [0.25, 0.3) is 0 Å². The van der Waals surface area contributed by atoms with Crippen molar-refractivity contribution in [2.45, 2.75) is 13.8 Å². The molecular formula is C12H15N3. The van der Waals surface area contributed by atoms with Crippen molar-refractivity contribution in [3.63, 3.8) is 0 Å². The van der Waals surface area contributed by atoms with Crippen LogP contribution in [0, 0.1) is 13.8 Å². The van der Waals surface area contributed by atoms with E-state index in [2.05, 4.69) is 21.8 Å². The molecule has 0 fully saturated rings. The summed E-state index contributed by atoms with van der Waals surface area (Å²) in [5.41, 5.74) is 4.55. The van der Waals surface area contributed by atoms with Gasteiger partial charge < -0.3 is 4.90 Å². The van der Waals surface area contributed by atoms with Crippen LogP contribution in [0.3, 0.4) is 0 Å².